The van der Waals surface area contributed by atoms with Crippen LogP contribution in [0.25, 0.3) is 0 Å². The number of rotatable bonds is 6. The Kier molecular flexibility index (Phi) is 6.58. The highest BCUT2D eigenvalue weighted by Gasteiger charge is 2.24. The zero-order valence-corrected chi connectivity index (χ0v) is 16.3. The minimum Gasteiger partial charge on any atom is -0.369 e. The van der Waals surface area contributed by atoms with E-state index in [-0.39, 0.29) is 23.5 Å². The molecule has 1 atom stereocenters. The maximum atomic E-state index is 12.1. The SMILES string of the molecule is NC(=O)C1CCCN(c2ccc(NC(=O)CSc3ccccc3Cl)cn2)C1. The summed E-state index contributed by atoms with van der Waals surface area (Å²) in [6.45, 7) is 1.43. The largest absolute Gasteiger partial charge is 0.369 e. The molecule has 0 saturated carbocycles. The van der Waals surface area contributed by atoms with Gasteiger partial charge in [0.2, 0.25) is 11.8 Å². The molecule has 0 spiro atoms. The molecule has 1 unspecified atom stereocenters. The number of nitrogens with two attached hydrogens (primary N) is 1. The highest BCUT2D eigenvalue weighted by atomic mass is 35.5. The van der Waals surface area contributed by atoms with Crippen LogP contribution in [-0.4, -0.2) is 35.6 Å². The van der Waals surface area contributed by atoms with E-state index in [1.165, 1.54) is 11.8 Å². The molecule has 3 rings (SSSR count). The molecular formula is C19H21ClN4O2S. The number of amides is 2. The van der Waals surface area contributed by atoms with Crippen LogP contribution in [0.3, 0.4) is 0 Å². The van der Waals surface area contributed by atoms with E-state index in [9.17, 15) is 9.59 Å². The average Bonchev–Trinajstić information content (AvgIpc) is 2.68. The van der Waals surface area contributed by atoms with Crippen molar-refractivity contribution in [1.82, 2.24) is 4.98 Å². The maximum absolute atomic E-state index is 12.1. The number of nitrogens with one attached hydrogen (secondary N) is 1. The van der Waals surface area contributed by atoms with Gasteiger partial charge in [0.1, 0.15) is 5.82 Å². The van der Waals surface area contributed by atoms with Crippen LogP contribution in [0, 0.1) is 5.92 Å². The Bertz CT molecular complexity index is 816. The van der Waals surface area contributed by atoms with Crippen LogP contribution in [0.1, 0.15) is 12.8 Å². The number of hydrogen-bond acceptors (Lipinski definition) is 5. The van der Waals surface area contributed by atoms with Gasteiger partial charge in [0.15, 0.2) is 0 Å². The van der Waals surface area contributed by atoms with E-state index in [4.69, 9.17) is 17.3 Å². The second kappa shape index (κ2) is 9.10. The molecule has 1 aromatic heterocycles. The first-order valence-corrected chi connectivity index (χ1v) is 10.1. The van der Waals surface area contributed by atoms with E-state index in [0.29, 0.717) is 17.3 Å². The molecule has 1 saturated heterocycles. The van der Waals surface area contributed by atoms with Crippen LogP contribution < -0.4 is 16.0 Å². The fourth-order valence-corrected chi connectivity index (χ4v) is 4.01. The van der Waals surface area contributed by atoms with Gasteiger partial charge in [-0.25, -0.2) is 4.98 Å². The number of pyridine rings is 1. The molecule has 1 aromatic carbocycles. The second-order valence-corrected chi connectivity index (χ2v) is 7.78. The predicted octanol–water partition coefficient (Wildman–Crippen LogP) is 3.17. The van der Waals surface area contributed by atoms with E-state index in [0.717, 1.165) is 30.1 Å². The number of halogens is 1. The van der Waals surface area contributed by atoms with Crippen LogP contribution in [0.4, 0.5) is 11.5 Å². The van der Waals surface area contributed by atoms with Crippen molar-refractivity contribution < 1.29 is 9.59 Å². The van der Waals surface area contributed by atoms with Crippen LogP contribution in [0.2, 0.25) is 5.02 Å². The van der Waals surface area contributed by atoms with Crippen molar-refractivity contribution in [3.05, 3.63) is 47.6 Å². The van der Waals surface area contributed by atoms with Crippen LogP contribution in [0.15, 0.2) is 47.5 Å². The summed E-state index contributed by atoms with van der Waals surface area (Å²) in [5, 5.41) is 3.47. The summed E-state index contributed by atoms with van der Waals surface area (Å²) >= 11 is 7.48. The van der Waals surface area contributed by atoms with E-state index in [2.05, 4.69) is 15.2 Å². The van der Waals surface area contributed by atoms with Gasteiger partial charge in [0.05, 0.1) is 28.6 Å². The van der Waals surface area contributed by atoms with Gasteiger partial charge >= 0.3 is 0 Å². The molecular weight excluding hydrogens is 384 g/mol. The third-order valence-corrected chi connectivity index (χ3v) is 5.89. The van der Waals surface area contributed by atoms with Crippen molar-refractivity contribution in [3.63, 3.8) is 0 Å². The molecule has 3 N–H and O–H groups in total. The third kappa shape index (κ3) is 5.37. The van der Waals surface area contributed by atoms with E-state index >= 15 is 0 Å². The summed E-state index contributed by atoms with van der Waals surface area (Å²) in [5.41, 5.74) is 6.05. The molecule has 0 radical (unpaired) electrons. The molecule has 1 aliphatic rings. The van der Waals surface area contributed by atoms with Gasteiger partial charge in [0.25, 0.3) is 0 Å². The molecule has 0 bridgehead atoms. The van der Waals surface area contributed by atoms with Gasteiger partial charge in [0, 0.05) is 18.0 Å². The number of nitrogens with zero attached hydrogens (tertiary/aromatic N) is 2. The topological polar surface area (TPSA) is 88.3 Å². The monoisotopic (exact) mass is 404 g/mol. The summed E-state index contributed by atoms with van der Waals surface area (Å²) in [5.74, 6) is 0.518. The average molecular weight is 405 g/mol. The lowest BCUT2D eigenvalue weighted by molar-refractivity contribution is -0.122. The van der Waals surface area contributed by atoms with Crippen molar-refractivity contribution >= 4 is 46.7 Å². The number of primary amides is 1. The molecule has 2 heterocycles. The Labute approximate surface area is 167 Å². The summed E-state index contributed by atoms with van der Waals surface area (Å²) in [6.07, 6.45) is 3.36. The van der Waals surface area contributed by atoms with Crippen LogP contribution >= 0.6 is 23.4 Å². The molecule has 0 aliphatic carbocycles. The minimum atomic E-state index is -0.264. The van der Waals surface area contributed by atoms with Gasteiger partial charge in [-0.2, -0.15) is 0 Å². The molecule has 2 amide bonds. The van der Waals surface area contributed by atoms with E-state index in [1.807, 2.05) is 30.3 Å². The Morgan fingerprint density at radius 3 is 2.81 bits per heavy atom. The first-order chi connectivity index (χ1) is 13.0. The normalized spacial score (nSPS) is 16.8. The molecule has 142 valence electrons. The van der Waals surface area contributed by atoms with Crippen molar-refractivity contribution in [3.8, 4) is 0 Å². The summed E-state index contributed by atoms with van der Waals surface area (Å²) < 4.78 is 0. The number of benzene rings is 1. The van der Waals surface area contributed by atoms with Crippen LogP contribution in [-0.2, 0) is 9.59 Å². The van der Waals surface area contributed by atoms with Crippen molar-refractivity contribution in [2.45, 2.75) is 17.7 Å². The number of anilines is 2. The van der Waals surface area contributed by atoms with Gasteiger partial charge in [-0.05, 0) is 37.1 Å². The number of aromatic nitrogens is 1. The van der Waals surface area contributed by atoms with Gasteiger partial charge < -0.3 is 16.0 Å². The lowest BCUT2D eigenvalue weighted by Gasteiger charge is -2.32. The van der Waals surface area contributed by atoms with Gasteiger partial charge in [-0.1, -0.05) is 23.7 Å². The smallest absolute Gasteiger partial charge is 0.234 e. The number of carbonyl (C=O) groups excluding carboxylic acids is 2. The van der Waals surface area contributed by atoms with Crippen LogP contribution in [0.5, 0.6) is 0 Å². The molecule has 2 aromatic rings. The predicted molar refractivity (Wildman–Crippen MR) is 109 cm³/mol. The van der Waals surface area contributed by atoms with Gasteiger partial charge in [-0.15, -0.1) is 11.8 Å². The fraction of sp³-hybridized carbons (Fsp3) is 0.316. The summed E-state index contributed by atoms with van der Waals surface area (Å²) in [4.78, 5) is 30.9. The van der Waals surface area contributed by atoms with Gasteiger partial charge in [-0.3, -0.25) is 9.59 Å². The Morgan fingerprint density at radius 1 is 1.30 bits per heavy atom. The fourth-order valence-electron chi connectivity index (χ4n) is 2.97. The summed E-state index contributed by atoms with van der Waals surface area (Å²) in [6, 6.07) is 11.1. The van der Waals surface area contributed by atoms with E-state index in [1.54, 1.807) is 12.3 Å². The second-order valence-electron chi connectivity index (χ2n) is 6.36. The maximum Gasteiger partial charge on any atom is 0.234 e. The first-order valence-electron chi connectivity index (χ1n) is 8.70. The van der Waals surface area contributed by atoms with Crippen molar-refractivity contribution in [1.29, 1.82) is 0 Å². The summed E-state index contributed by atoms with van der Waals surface area (Å²) in [7, 11) is 0. The third-order valence-electron chi connectivity index (χ3n) is 4.37. The number of hydrogen-bond donors (Lipinski definition) is 2. The highest BCUT2D eigenvalue weighted by molar-refractivity contribution is 8.00. The quantitative estimate of drug-likeness (QED) is 0.722. The van der Waals surface area contributed by atoms with Crippen molar-refractivity contribution in [2.24, 2.45) is 11.7 Å². The molecule has 1 fully saturated rings. The highest BCUT2D eigenvalue weighted by Crippen LogP contribution is 2.27. The molecule has 27 heavy (non-hydrogen) atoms. The molecule has 6 nitrogen and oxygen atoms in total. The number of thioether (sulfide) groups is 1. The zero-order valence-electron chi connectivity index (χ0n) is 14.7. The molecule has 8 heteroatoms. The number of piperidine rings is 1. The Hall–Kier alpha value is -2.25. The Morgan fingerprint density at radius 2 is 2.11 bits per heavy atom. The van der Waals surface area contributed by atoms with E-state index < -0.39 is 0 Å². The lowest BCUT2D eigenvalue weighted by Crippen LogP contribution is -2.41. The standard InChI is InChI=1S/C19H21ClN4O2S/c20-15-5-1-2-6-16(15)27-12-18(25)23-14-7-8-17(22-10-14)24-9-3-4-13(11-24)19(21)26/h1-2,5-8,10,13H,3-4,9,11-12H2,(H2,21,26)(H,23,25). The van der Waals surface area contributed by atoms with Crippen molar-refractivity contribution in [2.75, 3.05) is 29.1 Å². The Balaban J connectivity index is 1.53. The first kappa shape index (κ1) is 19.5. The molecule has 1 aliphatic heterocycles. The zero-order chi connectivity index (χ0) is 19.2. The number of carbonyl (C=O) groups is 2. The minimum absolute atomic E-state index is 0.124. The lowest BCUT2D eigenvalue weighted by atomic mass is 9.97.